The van der Waals surface area contributed by atoms with Crippen molar-refractivity contribution in [2.45, 2.75) is 10.1 Å². The van der Waals surface area contributed by atoms with Crippen molar-refractivity contribution in [3.63, 3.8) is 0 Å². The van der Waals surface area contributed by atoms with Gasteiger partial charge < -0.3 is 0 Å². The minimum atomic E-state index is -0.370. The summed E-state index contributed by atoms with van der Waals surface area (Å²) in [6.07, 6.45) is 0. The Balaban J connectivity index is 1.69. The number of thiazole rings is 1. The average molecular weight is 328 g/mol. The van der Waals surface area contributed by atoms with Crippen LogP contribution in [0.1, 0.15) is 5.56 Å². The molecular weight excluding hydrogens is 316 g/mol. The van der Waals surface area contributed by atoms with Gasteiger partial charge in [0.1, 0.15) is 0 Å². The number of hydrogen-bond acceptors (Lipinski definition) is 5. The summed E-state index contributed by atoms with van der Waals surface area (Å²) in [4.78, 5) is 15.0. The highest BCUT2D eigenvalue weighted by atomic mass is 32.2. The summed E-state index contributed by atoms with van der Waals surface area (Å²) in [5.41, 5.74) is 3.12. The van der Waals surface area contributed by atoms with Crippen LogP contribution in [0.15, 0.2) is 64.3 Å². The third-order valence-corrected chi connectivity index (χ3v) is 5.13. The molecule has 0 N–H and O–H groups in total. The number of thioether (sulfide) groups is 1. The molecular formula is C16H12N2O2S2. The molecule has 4 nitrogen and oxygen atoms in total. The Bertz CT molecular complexity index is 788. The van der Waals surface area contributed by atoms with Gasteiger partial charge in [0.2, 0.25) is 0 Å². The fourth-order valence-corrected chi connectivity index (χ4v) is 3.75. The van der Waals surface area contributed by atoms with Gasteiger partial charge in [-0.3, -0.25) is 10.1 Å². The van der Waals surface area contributed by atoms with Crippen LogP contribution in [0.3, 0.4) is 0 Å². The minimum Gasteiger partial charge on any atom is -0.258 e. The molecule has 0 saturated heterocycles. The molecule has 2 aromatic carbocycles. The molecule has 0 bridgehead atoms. The van der Waals surface area contributed by atoms with Gasteiger partial charge in [-0.05, 0) is 5.56 Å². The predicted molar refractivity (Wildman–Crippen MR) is 90.2 cm³/mol. The lowest BCUT2D eigenvalue weighted by Crippen LogP contribution is -1.89. The van der Waals surface area contributed by atoms with Crippen LogP contribution in [-0.2, 0) is 5.75 Å². The Morgan fingerprint density at radius 3 is 2.73 bits per heavy atom. The molecule has 1 heterocycles. The van der Waals surface area contributed by atoms with E-state index in [4.69, 9.17) is 0 Å². The Morgan fingerprint density at radius 2 is 1.95 bits per heavy atom. The maximum absolute atomic E-state index is 10.8. The topological polar surface area (TPSA) is 56.0 Å². The zero-order valence-electron chi connectivity index (χ0n) is 11.5. The summed E-state index contributed by atoms with van der Waals surface area (Å²) >= 11 is 3.19. The number of benzene rings is 2. The summed E-state index contributed by atoms with van der Waals surface area (Å²) in [5.74, 6) is 0.670. The van der Waals surface area contributed by atoms with Crippen LogP contribution in [0, 0.1) is 10.1 Å². The van der Waals surface area contributed by atoms with Gasteiger partial charge in [0.15, 0.2) is 4.34 Å². The molecule has 0 spiro atoms. The van der Waals surface area contributed by atoms with Crippen LogP contribution in [-0.4, -0.2) is 9.91 Å². The third-order valence-electron chi connectivity index (χ3n) is 3.04. The first-order valence-corrected chi connectivity index (χ1v) is 8.46. The second-order valence-electron chi connectivity index (χ2n) is 4.58. The summed E-state index contributed by atoms with van der Waals surface area (Å²) in [6.45, 7) is 0. The van der Waals surface area contributed by atoms with Crippen LogP contribution in [0.5, 0.6) is 0 Å². The lowest BCUT2D eigenvalue weighted by Gasteiger charge is -1.99. The van der Waals surface area contributed by atoms with E-state index in [1.165, 1.54) is 6.07 Å². The van der Waals surface area contributed by atoms with Gasteiger partial charge in [-0.15, -0.1) is 11.3 Å². The second kappa shape index (κ2) is 6.72. The van der Waals surface area contributed by atoms with E-state index in [-0.39, 0.29) is 10.6 Å². The molecule has 6 heteroatoms. The first-order chi connectivity index (χ1) is 10.7. The van der Waals surface area contributed by atoms with Gasteiger partial charge >= 0.3 is 0 Å². The largest absolute Gasteiger partial charge is 0.269 e. The van der Waals surface area contributed by atoms with Crippen LogP contribution >= 0.6 is 23.1 Å². The van der Waals surface area contributed by atoms with Crippen molar-refractivity contribution in [3.8, 4) is 11.3 Å². The van der Waals surface area contributed by atoms with E-state index in [9.17, 15) is 10.1 Å². The van der Waals surface area contributed by atoms with Crippen molar-refractivity contribution in [2.75, 3.05) is 0 Å². The quantitative estimate of drug-likeness (QED) is 0.375. The van der Waals surface area contributed by atoms with E-state index in [2.05, 4.69) is 4.98 Å². The van der Waals surface area contributed by atoms with Crippen LogP contribution in [0.4, 0.5) is 5.69 Å². The molecule has 0 saturated carbocycles. The van der Waals surface area contributed by atoms with Gasteiger partial charge in [0.05, 0.1) is 10.6 Å². The first-order valence-electron chi connectivity index (χ1n) is 6.59. The van der Waals surface area contributed by atoms with Gasteiger partial charge in [-0.1, -0.05) is 54.2 Å². The number of rotatable bonds is 5. The highest BCUT2D eigenvalue weighted by Crippen LogP contribution is 2.30. The highest BCUT2D eigenvalue weighted by Gasteiger charge is 2.08. The number of aromatic nitrogens is 1. The molecule has 110 valence electrons. The smallest absolute Gasteiger partial charge is 0.258 e. The molecule has 0 atom stereocenters. The Kier molecular flexibility index (Phi) is 4.50. The average Bonchev–Trinajstić information content (AvgIpc) is 3.03. The molecule has 0 aliphatic rings. The molecule has 0 fully saturated rings. The van der Waals surface area contributed by atoms with Gasteiger partial charge in [0.25, 0.3) is 5.69 Å². The second-order valence-corrected chi connectivity index (χ2v) is 6.66. The summed E-state index contributed by atoms with van der Waals surface area (Å²) in [7, 11) is 0. The SMILES string of the molecule is O=[N+]([O-])c1cccc(CSc2nc(-c3ccccc3)cs2)c1. The lowest BCUT2D eigenvalue weighted by molar-refractivity contribution is -0.384. The molecule has 3 aromatic rings. The minimum absolute atomic E-state index is 0.127. The maximum Gasteiger partial charge on any atom is 0.269 e. The van der Waals surface area contributed by atoms with Crippen LogP contribution in [0.25, 0.3) is 11.3 Å². The molecule has 0 aliphatic heterocycles. The van der Waals surface area contributed by atoms with Gasteiger partial charge in [-0.25, -0.2) is 4.98 Å². The van der Waals surface area contributed by atoms with Gasteiger partial charge in [0, 0.05) is 28.8 Å². The molecule has 0 radical (unpaired) electrons. The normalized spacial score (nSPS) is 10.5. The van der Waals surface area contributed by atoms with Crippen molar-refractivity contribution in [1.82, 2.24) is 4.98 Å². The Labute approximate surface area is 136 Å². The number of nitro groups is 1. The van der Waals surface area contributed by atoms with E-state index < -0.39 is 0 Å². The molecule has 0 aliphatic carbocycles. The monoisotopic (exact) mass is 328 g/mol. The van der Waals surface area contributed by atoms with Crippen molar-refractivity contribution in [1.29, 1.82) is 0 Å². The fraction of sp³-hybridized carbons (Fsp3) is 0.0625. The van der Waals surface area contributed by atoms with E-state index in [1.54, 1.807) is 35.2 Å². The van der Waals surface area contributed by atoms with E-state index in [1.807, 2.05) is 41.8 Å². The molecule has 1 aromatic heterocycles. The molecule has 3 rings (SSSR count). The number of nitro benzene ring substituents is 1. The van der Waals surface area contributed by atoms with Crippen molar-refractivity contribution >= 4 is 28.8 Å². The number of hydrogen-bond donors (Lipinski definition) is 0. The first kappa shape index (κ1) is 14.7. The lowest BCUT2D eigenvalue weighted by atomic mass is 10.2. The number of non-ortho nitro benzene ring substituents is 1. The fourth-order valence-electron chi connectivity index (χ4n) is 1.97. The molecule has 0 amide bonds. The van der Waals surface area contributed by atoms with Gasteiger partial charge in [-0.2, -0.15) is 0 Å². The van der Waals surface area contributed by atoms with E-state index in [0.717, 1.165) is 21.2 Å². The summed E-state index contributed by atoms with van der Waals surface area (Å²) < 4.78 is 0.963. The zero-order chi connectivity index (χ0) is 15.4. The number of nitrogens with zero attached hydrogens (tertiary/aromatic N) is 2. The van der Waals surface area contributed by atoms with Crippen LogP contribution in [0.2, 0.25) is 0 Å². The standard InChI is InChI=1S/C16H12N2O2S2/c19-18(20)14-8-4-5-12(9-14)10-21-16-17-15(11-22-16)13-6-2-1-3-7-13/h1-9,11H,10H2. The Hall–Kier alpha value is -2.18. The summed E-state index contributed by atoms with van der Waals surface area (Å²) in [5, 5.41) is 12.8. The molecule has 0 unspecified atom stereocenters. The molecule has 22 heavy (non-hydrogen) atoms. The van der Waals surface area contributed by atoms with Crippen LogP contribution < -0.4 is 0 Å². The highest BCUT2D eigenvalue weighted by molar-refractivity contribution is 8.00. The third kappa shape index (κ3) is 3.52. The van der Waals surface area contributed by atoms with Crippen molar-refractivity contribution in [3.05, 3.63) is 75.7 Å². The predicted octanol–water partition coefficient (Wildman–Crippen LogP) is 5.01. The summed E-state index contributed by atoms with van der Waals surface area (Å²) in [6, 6.07) is 16.7. The van der Waals surface area contributed by atoms with E-state index >= 15 is 0 Å². The van der Waals surface area contributed by atoms with Crippen molar-refractivity contribution in [2.24, 2.45) is 0 Å². The zero-order valence-corrected chi connectivity index (χ0v) is 13.1. The van der Waals surface area contributed by atoms with Crippen molar-refractivity contribution < 1.29 is 4.92 Å². The maximum atomic E-state index is 10.8. The van der Waals surface area contributed by atoms with E-state index in [0.29, 0.717) is 5.75 Å². The Morgan fingerprint density at radius 1 is 1.14 bits per heavy atom.